The molecule has 0 aromatic heterocycles. The summed E-state index contributed by atoms with van der Waals surface area (Å²) in [5.74, 6) is 0. The lowest BCUT2D eigenvalue weighted by Gasteiger charge is -2.37. The number of hydrogen-bond donors (Lipinski definition) is 1. The van der Waals surface area contributed by atoms with Crippen molar-refractivity contribution in [2.24, 2.45) is 0 Å². The molecule has 0 bridgehead atoms. The van der Waals surface area contributed by atoms with Gasteiger partial charge in [-0.05, 0) is 24.5 Å². The van der Waals surface area contributed by atoms with Crippen LogP contribution in [0.1, 0.15) is 31.2 Å². The number of benzene rings is 2. The van der Waals surface area contributed by atoms with Crippen LogP contribution in [0.5, 0.6) is 0 Å². The summed E-state index contributed by atoms with van der Waals surface area (Å²) >= 11 is 0. The Morgan fingerprint density at radius 2 is 1.70 bits per heavy atom. The molecule has 158 valence electrons. The van der Waals surface area contributed by atoms with Crippen molar-refractivity contribution in [2.45, 2.75) is 31.1 Å². The Morgan fingerprint density at radius 3 is 2.37 bits per heavy atom. The molecule has 4 rings (SSSR count). The highest BCUT2D eigenvalue weighted by Crippen LogP contribution is 2.40. The topological polar surface area (TPSA) is 78.7 Å². The van der Waals surface area contributed by atoms with Crippen molar-refractivity contribution >= 4 is 17.4 Å². The van der Waals surface area contributed by atoms with E-state index in [0.29, 0.717) is 32.7 Å². The van der Waals surface area contributed by atoms with Crippen LogP contribution in [0.2, 0.25) is 0 Å². The number of anilines is 1. The molecule has 0 atom stereocenters. The van der Waals surface area contributed by atoms with Gasteiger partial charge in [0.1, 0.15) is 0 Å². The van der Waals surface area contributed by atoms with E-state index in [2.05, 4.69) is 34.5 Å². The summed E-state index contributed by atoms with van der Waals surface area (Å²) in [6, 6.07) is 17.2. The molecule has 2 amide bonds. The van der Waals surface area contributed by atoms with Crippen molar-refractivity contribution in [2.75, 3.05) is 37.6 Å². The lowest BCUT2D eigenvalue weighted by atomic mass is 9.79. The SMILES string of the molecule is O=C(NCC1(c2ccccc2)CCCC1)N1CCN(c2cccc([N+](=O)[O-])c2)CC1. The number of nitro benzene ring substituents is 1. The standard InChI is InChI=1S/C23H28N4O3/c28-22(24-18-23(11-4-5-12-23)19-7-2-1-3-8-19)26-15-13-25(14-16-26)20-9-6-10-21(17-20)27(29)30/h1-3,6-10,17H,4-5,11-16,18H2,(H,24,28). The molecule has 1 saturated heterocycles. The Bertz CT molecular complexity index is 888. The Balaban J connectivity index is 1.33. The van der Waals surface area contributed by atoms with E-state index in [1.54, 1.807) is 12.1 Å². The molecular weight excluding hydrogens is 380 g/mol. The predicted molar refractivity (Wildman–Crippen MR) is 117 cm³/mol. The molecule has 1 aliphatic heterocycles. The van der Waals surface area contributed by atoms with Gasteiger partial charge in [0.25, 0.3) is 5.69 Å². The highest BCUT2D eigenvalue weighted by atomic mass is 16.6. The van der Waals surface area contributed by atoms with E-state index >= 15 is 0 Å². The van der Waals surface area contributed by atoms with E-state index in [0.717, 1.165) is 18.5 Å². The van der Waals surface area contributed by atoms with Crippen molar-refractivity contribution in [3.63, 3.8) is 0 Å². The van der Waals surface area contributed by atoms with Gasteiger partial charge in [-0.25, -0.2) is 4.79 Å². The number of urea groups is 1. The monoisotopic (exact) mass is 408 g/mol. The molecular formula is C23H28N4O3. The zero-order valence-corrected chi connectivity index (χ0v) is 17.1. The van der Waals surface area contributed by atoms with Gasteiger partial charge in [-0.3, -0.25) is 10.1 Å². The van der Waals surface area contributed by atoms with Gasteiger partial charge in [0.2, 0.25) is 0 Å². The number of nitro groups is 1. The van der Waals surface area contributed by atoms with Crippen LogP contribution in [0.3, 0.4) is 0 Å². The second-order valence-corrected chi connectivity index (χ2v) is 8.26. The fourth-order valence-electron chi connectivity index (χ4n) is 4.74. The molecule has 2 aromatic carbocycles. The van der Waals surface area contributed by atoms with Gasteiger partial charge in [-0.1, -0.05) is 49.2 Å². The van der Waals surface area contributed by atoms with Crippen molar-refractivity contribution in [3.05, 3.63) is 70.3 Å². The maximum absolute atomic E-state index is 12.8. The zero-order valence-electron chi connectivity index (χ0n) is 17.1. The average molecular weight is 409 g/mol. The Labute approximate surface area is 176 Å². The number of amides is 2. The molecule has 30 heavy (non-hydrogen) atoms. The van der Waals surface area contributed by atoms with Gasteiger partial charge < -0.3 is 15.1 Å². The van der Waals surface area contributed by atoms with Crippen LogP contribution >= 0.6 is 0 Å². The van der Waals surface area contributed by atoms with E-state index in [9.17, 15) is 14.9 Å². The first-order chi connectivity index (χ1) is 14.6. The fraction of sp³-hybridized carbons (Fsp3) is 0.435. The highest BCUT2D eigenvalue weighted by molar-refractivity contribution is 5.74. The van der Waals surface area contributed by atoms with Crippen LogP contribution in [0.15, 0.2) is 54.6 Å². The number of nitrogens with zero attached hydrogens (tertiary/aromatic N) is 3. The van der Waals surface area contributed by atoms with Gasteiger partial charge in [-0.2, -0.15) is 0 Å². The third-order valence-electron chi connectivity index (χ3n) is 6.50. The van der Waals surface area contributed by atoms with Crippen LogP contribution in [0.25, 0.3) is 0 Å². The Hall–Kier alpha value is -3.09. The van der Waals surface area contributed by atoms with Gasteiger partial charge in [0.05, 0.1) is 4.92 Å². The summed E-state index contributed by atoms with van der Waals surface area (Å²) in [6.45, 7) is 3.21. The maximum atomic E-state index is 12.8. The summed E-state index contributed by atoms with van der Waals surface area (Å²) < 4.78 is 0. The van der Waals surface area contributed by atoms with Crippen molar-refractivity contribution in [1.82, 2.24) is 10.2 Å². The molecule has 1 aliphatic carbocycles. The van der Waals surface area contributed by atoms with Gasteiger partial charge in [-0.15, -0.1) is 0 Å². The number of non-ortho nitro benzene ring substituents is 1. The minimum atomic E-state index is -0.376. The first-order valence-corrected chi connectivity index (χ1v) is 10.7. The minimum Gasteiger partial charge on any atom is -0.368 e. The maximum Gasteiger partial charge on any atom is 0.317 e. The molecule has 7 heteroatoms. The fourth-order valence-corrected chi connectivity index (χ4v) is 4.74. The summed E-state index contributed by atoms with van der Waals surface area (Å²) in [5.41, 5.74) is 2.29. The molecule has 2 aliphatic rings. The van der Waals surface area contributed by atoms with Gasteiger partial charge in [0, 0.05) is 56.0 Å². The summed E-state index contributed by atoms with van der Waals surface area (Å²) in [5, 5.41) is 14.2. The molecule has 1 heterocycles. The smallest absolute Gasteiger partial charge is 0.317 e. The van der Waals surface area contributed by atoms with Crippen molar-refractivity contribution in [1.29, 1.82) is 0 Å². The number of carbonyl (C=O) groups excluding carboxylic acids is 1. The number of hydrogen-bond acceptors (Lipinski definition) is 4. The summed E-state index contributed by atoms with van der Waals surface area (Å²) in [6.07, 6.45) is 4.62. The van der Waals surface area contributed by atoms with E-state index in [1.165, 1.54) is 24.5 Å². The van der Waals surface area contributed by atoms with E-state index in [4.69, 9.17) is 0 Å². The Kier molecular flexibility index (Phi) is 5.88. The highest BCUT2D eigenvalue weighted by Gasteiger charge is 2.36. The Morgan fingerprint density at radius 1 is 1.00 bits per heavy atom. The third kappa shape index (κ3) is 4.25. The number of carbonyl (C=O) groups is 1. The number of piperazine rings is 1. The molecule has 2 aromatic rings. The van der Waals surface area contributed by atoms with Crippen LogP contribution < -0.4 is 10.2 Å². The van der Waals surface area contributed by atoms with Gasteiger partial charge in [0.15, 0.2) is 0 Å². The zero-order chi connectivity index (χ0) is 21.0. The first-order valence-electron chi connectivity index (χ1n) is 10.7. The third-order valence-corrected chi connectivity index (χ3v) is 6.50. The molecule has 0 spiro atoms. The lowest BCUT2D eigenvalue weighted by molar-refractivity contribution is -0.384. The quantitative estimate of drug-likeness (QED) is 0.600. The molecule has 0 unspecified atom stereocenters. The van der Waals surface area contributed by atoms with Crippen LogP contribution in [-0.4, -0.2) is 48.6 Å². The average Bonchev–Trinajstić information content (AvgIpc) is 3.28. The van der Waals surface area contributed by atoms with Crippen molar-refractivity contribution < 1.29 is 9.72 Å². The van der Waals surface area contributed by atoms with E-state index < -0.39 is 0 Å². The molecule has 0 radical (unpaired) electrons. The second-order valence-electron chi connectivity index (χ2n) is 8.26. The normalized spacial score (nSPS) is 18.3. The molecule has 1 N–H and O–H groups in total. The predicted octanol–water partition coefficient (Wildman–Crippen LogP) is 3.94. The first kappa shape index (κ1) is 20.2. The summed E-state index contributed by atoms with van der Waals surface area (Å²) in [4.78, 5) is 27.4. The molecule has 7 nitrogen and oxygen atoms in total. The molecule has 1 saturated carbocycles. The number of nitrogens with one attached hydrogen (secondary N) is 1. The van der Waals surface area contributed by atoms with Crippen LogP contribution in [0.4, 0.5) is 16.2 Å². The van der Waals surface area contributed by atoms with Crippen LogP contribution in [0, 0.1) is 10.1 Å². The van der Waals surface area contributed by atoms with Crippen LogP contribution in [-0.2, 0) is 5.41 Å². The minimum absolute atomic E-state index is 0.0177. The van der Waals surface area contributed by atoms with Crippen molar-refractivity contribution in [3.8, 4) is 0 Å². The number of rotatable bonds is 5. The summed E-state index contributed by atoms with van der Waals surface area (Å²) in [7, 11) is 0. The second kappa shape index (κ2) is 8.73. The van der Waals surface area contributed by atoms with Gasteiger partial charge >= 0.3 is 6.03 Å². The van der Waals surface area contributed by atoms with E-state index in [1.807, 2.05) is 17.0 Å². The van der Waals surface area contributed by atoms with E-state index in [-0.39, 0.29) is 22.1 Å². The molecule has 2 fully saturated rings. The largest absolute Gasteiger partial charge is 0.368 e. The lowest BCUT2D eigenvalue weighted by Crippen LogP contribution is -2.53.